The molecule has 144 valence electrons. The number of aliphatic hydroxyl groups is 2. The van der Waals surface area contributed by atoms with E-state index in [0.717, 1.165) is 37.0 Å². The smallest absolute Gasteiger partial charge is 0.117 e. The minimum absolute atomic E-state index is 0.123. The summed E-state index contributed by atoms with van der Waals surface area (Å²) in [7, 11) is 0. The zero-order valence-electron chi connectivity index (χ0n) is 16.7. The maximum atomic E-state index is 10.3. The summed E-state index contributed by atoms with van der Waals surface area (Å²) in [6, 6.07) is 0. The Hall–Kier alpha value is -0.780. The molecule has 0 radical (unpaired) electrons. The summed E-state index contributed by atoms with van der Waals surface area (Å²) in [5, 5.41) is 20.4. The second-order valence-corrected chi connectivity index (χ2v) is 10.4. The highest BCUT2D eigenvalue weighted by atomic mass is 16.3. The van der Waals surface area contributed by atoms with Crippen LogP contribution in [0, 0.1) is 52.8 Å². The molecule has 3 saturated carbocycles. The van der Waals surface area contributed by atoms with E-state index < -0.39 is 6.10 Å². The number of terminal acetylenes is 1. The van der Waals surface area contributed by atoms with Gasteiger partial charge >= 0.3 is 0 Å². The van der Waals surface area contributed by atoms with Crippen molar-refractivity contribution in [1.82, 2.24) is 0 Å². The molecule has 4 rings (SSSR count). The Morgan fingerprint density at radius 1 is 1.15 bits per heavy atom. The number of hydrogen-bond acceptors (Lipinski definition) is 2. The van der Waals surface area contributed by atoms with Crippen LogP contribution in [0.15, 0.2) is 11.6 Å². The predicted molar refractivity (Wildman–Crippen MR) is 105 cm³/mol. The summed E-state index contributed by atoms with van der Waals surface area (Å²) in [6.45, 7) is 7.15. The van der Waals surface area contributed by atoms with Crippen LogP contribution in [0.3, 0.4) is 0 Å². The fourth-order valence-corrected chi connectivity index (χ4v) is 7.92. The molecule has 2 N–H and O–H groups in total. The molecule has 3 fully saturated rings. The Balaban J connectivity index is 1.61. The van der Waals surface area contributed by atoms with E-state index in [4.69, 9.17) is 6.42 Å². The van der Waals surface area contributed by atoms with Gasteiger partial charge in [-0.15, -0.1) is 6.42 Å². The van der Waals surface area contributed by atoms with Crippen molar-refractivity contribution in [1.29, 1.82) is 0 Å². The molecule has 4 aliphatic carbocycles. The molecule has 0 spiro atoms. The average Bonchev–Trinajstić information content (AvgIpc) is 2.98. The maximum Gasteiger partial charge on any atom is 0.117 e. The van der Waals surface area contributed by atoms with E-state index in [2.05, 4.69) is 32.8 Å². The zero-order chi connectivity index (χ0) is 18.7. The van der Waals surface area contributed by atoms with E-state index in [-0.39, 0.29) is 12.0 Å². The van der Waals surface area contributed by atoms with Gasteiger partial charge in [0.25, 0.3) is 0 Å². The van der Waals surface area contributed by atoms with Gasteiger partial charge in [0.2, 0.25) is 0 Å². The third-order valence-corrected chi connectivity index (χ3v) is 9.45. The van der Waals surface area contributed by atoms with E-state index >= 15 is 0 Å². The first-order valence-electron chi connectivity index (χ1n) is 10.8. The van der Waals surface area contributed by atoms with Crippen LogP contribution >= 0.6 is 0 Å². The Labute approximate surface area is 159 Å². The van der Waals surface area contributed by atoms with Crippen molar-refractivity contribution in [3.05, 3.63) is 11.6 Å². The quantitative estimate of drug-likeness (QED) is 0.562. The van der Waals surface area contributed by atoms with Gasteiger partial charge in [0, 0.05) is 0 Å². The van der Waals surface area contributed by atoms with Crippen molar-refractivity contribution in [2.75, 3.05) is 0 Å². The van der Waals surface area contributed by atoms with Crippen LogP contribution in [-0.4, -0.2) is 22.4 Å². The lowest BCUT2D eigenvalue weighted by molar-refractivity contribution is -0.0632. The lowest BCUT2D eigenvalue weighted by Gasteiger charge is -2.58. The molecule has 2 heteroatoms. The van der Waals surface area contributed by atoms with E-state index in [1.54, 1.807) is 5.57 Å². The molecular formula is C24H36O2. The average molecular weight is 357 g/mol. The topological polar surface area (TPSA) is 40.5 Å². The first kappa shape index (κ1) is 18.6. The first-order chi connectivity index (χ1) is 12.3. The van der Waals surface area contributed by atoms with Gasteiger partial charge in [0.15, 0.2) is 0 Å². The van der Waals surface area contributed by atoms with Crippen LogP contribution in [0.2, 0.25) is 0 Å². The summed E-state index contributed by atoms with van der Waals surface area (Å²) in [5.41, 5.74) is 2.19. The van der Waals surface area contributed by atoms with Crippen LogP contribution < -0.4 is 0 Å². The van der Waals surface area contributed by atoms with Crippen molar-refractivity contribution in [2.24, 2.45) is 40.4 Å². The summed E-state index contributed by atoms with van der Waals surface area (Å²) < 4.78 is 0. The summed E-state index contributed by atoms with van der Waals surface area (Å²) >= 11 is 0. The van der Waals surface area contributed by atoms with Crippen molar-refractivity contribution in [3.8, 4) is 12.3 Å². The van der Waals surface area contributed by atoms with Gasteiger partial charge < -0.3 is 10.2 Å². The third kappa shape index (κ3) is 2.54. The maximum absolute atomic E-state index is 10.3. The highest BCUT2D eigenvalue weighted by Gasteiger charge is 2.59. The van der Waals surface area contributed by atoms with Gasteiger partial charge in [0.05, 0.1) is 6.10 Å². The Morgan fingerprint density at radius 3 is 2.65 bits per heavy atom. The van der Waals surface area contributed by atoms with Crippen molar-refractivity contribution >= 4 is 0 Å². The van der Waals surface area contributed by atoms with Gasteiger partial charge in [-0.05, 0) is 91.8 Å². The molecule has 0 aliphatic heterocycles. The van der Waals surface area contributed by atoms with Crippen molar-refractivity contribution in [3.63, 3.8) is 0 Å². The number of rotatable bonds is 2. The van der Waals surface area contributed by atoms with Gasteiger partial charge in [-0.1, -0.05) is 38.3 Å². The number of aliphatic hydroxyl groups excluding tert-OH is 2. The highest BCUT2D eigenvalue weighted by Crippen LogP contribution is 2.67. The second-order valence-electron chi connectivity index (χ2n) is 10.4. The normalized spacial score (nSPS) is 49.8. The number of allylic oxidation sites excluding steroid dienone is 1. The molecule has 4 aliphatic rings. The fraction of sp³-hybridized carbons (Fsp3) is 0.833. The van der Waals surface area contributed by atoms with E-state index in [1.807, 2.05) is 0 Å². The summed E-state index contributed by atoms with van der Waals surface area (Å²) in [4.78, 5) is 0. The monoisotopic (exact) mass is 356 g/mol. The molecule has 0 heterocycles. The summed E-state index contributed by atoms with van der Waals surface area (Å²) in [5.74, 6) is 5.64. The minimum Gasteiger partial charge on any atom is -0.393 e. The molecule has 0 saturated heterocycles. The fourth-order valence-electron chi connectivity index (χ4n) is 7.92. The largest absolute Gasteiger partial charge is 0.393 e. The van der Waals surface area contributed by atoms with Crippen molar-refractivity contribution in [2.45, 2.75) is 84.3 Å². The van der Waals surface area contributed by atoms with E-state index in [1.165, 1.54) is 32.1 Å². The Bertz CT molecular complexity index is 631. The van der Waals surface area contributed by atoms with Gasteiger partial charge in [-0.2, -0.15) is 0 Å². The first-order valence-corrected chi connectivity index (χ1v) is 10.8. The molecule has 5 unspecified atom stereocenters. The van der Waals surface area contributed by atoms with Crippen LogP contribution in [-0.2, 0) is 0 Å². The molecular weight excluding hydrogens is 320 g/mol. The number of fused-ring (bicyclic) bond motifs is 5. The molecule has 0 amide bonds. The lowest BCUT2D eigenvalue weighted by Crippen LogP contribution is -2.51. The molecule has 0 bridgehead atoms. The van der Waals surface area contributed by atoms with Crippen molar-refractivity contribution < 1.29 is 10.2 Å². The SMILES string of the molecule is C#C[C@H](O)C(C)C1CCC2C3CC=C4C[C@@H](O)CC[C@]4(C)C3CC[C@@]21C. The molecule has 9 atom stereocenters. The summed E-state index contributed by atoms with van der Waals surface area (Å²) in [6.07, 6.45) is 16.6. The number of hydrogen-bond donors (Lipinski definition) is 2. The van der Waals surface area contributed by atoms with Gasteiger partial charge in [-0.25, -0.2) is 0 Å². The van der Waals surface area contributed by atoms with Gasteiger partial charge in [0.1, 0.15) is 6.10 Å². The predicted octanol–water partition coefficient (Wildman–Crippen LogP) is 4.56. The van der Waals surface area contributed by atoms with E-state index in [9.17, 15) is 10.2 Å². The molecule has 26 heavy (non-hydrogen) atoms. The minimum atomic E-state index is -0.608. The Morgan fingerprint density at radius 2 is 1.92 bits per heavy atom. The standard InChI is InChI=1S/C24H36O2/c1-5-22(26)15(2)19-8-9-20-18-7-6-16-14-17(25)10-12-23(16,3)21(18)11-13-24(19,20)4/h1,6,15,17-22,25-26H,7-14H2,2-4H3/t15?,17-,18?,19?,20?,21?,22-,23-,24+/m0/s1. The van der Waals surface area contributed by atoms with Crippen LogP contribution in [0.1, 0.15) is 72.1 Å². The lowest BCUT2D eigenvalue weighted by atomic mass is 9.47. The zero-order valence-corrected chi connectivity index (χ0v) is 16.7. The van der Waals surface area contributed by atoms with Crippen LogP contribution in [0.25, 0.3) is 0 Å². The van der Waals surface area contributed by atoms with Gasteiger partial charge in [-0.3, -0.25) is 0 Å². The molecule has 0 aromatic rings. The second kappa shape index (κ2) is 6.39. The van der Waals surface area contributed by atoms with Crippen LogP contribution in [0.5, 0.6) is 0 Å². The Kier molecular flexibility index (Phi) is 4.56. The molecule has 0 aromatic carbocycles. The van der Waals surface area contributed by atoms with E-state index in [0.29, 0.717) is 16.7 Å². The highest BCUT2D eigenvalue weighted by molar-refractivity contribution is 5.25. The third-order valence-electron chi connectivity index (χ3n) is 9.45. The molecule has 0 aromatic heterocycles. The molecule has 2 nitrogen and oxygen atoms in total. The van der Waals surface area contributed by atoms with Crippen LogP contribution in [0.4, 0.5) is 0 Å².